The van der Waals surface area contributed by atoms with E-state index in [4.69, 9.17) is 30.5 Å². The summed E-state index contributed by atoms with van der Waals surface area (Å²) < 4.78 is 57.0. The third-order valence-corrected chi connectivity index (χ3v) is 0. The van der Waals surface area contributed by atoms with Crippen LogP contribution in [-0.2, 0) is 19.5 Å². The molecule has 7 nitrogen and oxygen atoms in total. The molecule has 3 N–H and O–H groups in total. The predicted molar refractivity (Wildman–Crippen MR) is 45.1 cm³/mol. The summed E-state index contributed by atoms with van der Waals surface area (Å²) in [6, 6.07) is 0. The first kappa shape index (κ1) is 17.5. The largest absolute Gasteiger partial charge is 0.394 e. The highest BCUT2D eigenvalue weighted by molar-refractivity contribution is 8.61. The minimum absolute atomic E-state index is 0. The Morgan fingerprint density at radius 1 is 0.909 bits per heavy atom. The summed E-state index contributed by atoms with van der Waals surface area (Å²) in [5.74, 6) is 0. The van der Waals surface area contributed by atoms with E-state index in [1.807, 2.05) is 0 Å². The van der Waals surface area contributed by atoms with Crippen LogP contribution in [0.5, 0.6) is 0 Å². The van der Waals surface area contributed by atoms with Crippen molar-refractivity contribution in [3.8, 4) is 0 Å². The predicted octanol–water partition coefficient (Wildman–Crippen LogP) is -0.821. The maximum atomic E-state index is 9.05. The van der Waals surface area contributed by atoms with E-state index in [1.165, 1.54) is 0 Å². The Hall–Kier alpha value is 0.480. The van der Waals surface area contributed by atoms with Gasteiger partial charge >= 0.3 is 19.5 Å². The zero-order valence-corrected chi connectivity index (χ0v) is 8.27. The topological polar surface area (TPSA) is 129 Å². The summed E-state index contributed by atoms with van der Waals surface area (Å²) in [6.07, 6.45) is 0. The Morgan fingerprint density at radius 3 is 0.909 bits per heavy atom. The van der Waals surface area contributed by atoms with E-state index in [2.05, 4.69) is 11.7 Å². The van der Waals surface area contributed by atoms with Crippen LogP contribution in [0.2, 0.25) is 0 Å². The van der Waals surface area contributed by atoms with Gasteiger partial charge in [-0.15, -0.1) is 0 Å². The van der Waals surface area contributed by atoms with Gasteiger partial charge in [-0.2, -0.15) is 30.3 Å². The van der Waals surface area contributed by atoms with Crippen LogP contribution < -0.4 is 0 Å². The minimum atomic E-state index is -4.67. The number of hydrogen-bond donors (Lipinski definition) is 4. The van der Waals surface area contributed by atoms with Gasteiger partial charge in [0.2, 0.25) is 0 Å². The molecule has 0 spiro atoms. The summed E-state index contributed by atoms with van der Waals surface area (Å²) in [7, 11) is -8.64. The Morgan fingerprint density at radius 2 is 0.909 bits per heavy atom. The van der Waals surface area contributed by atoms with Crippen molar-refractivity contribution in [2.75, 3.05) is 0 Å². The molecule has 0 atom stereocenters. The fourth-order valence-electron chi connectivity index (χ4n) is 0. The lowest BCUT2D eigenvalue weighted by molar-refractivity contribution is 0.381. The normalized spacial score (nSPS) is 10.5. The summed E-state index contributed by atoms with van der Waals surface area (Å²) >= 11 is 2.65. The van der Waals surface area contributed by atoms with Gasteiger partial charge in [-0.25, -0.2) is 0 Å². The van der Waals surface area contributed by atoms with Crippen LogP contribution in [0.15, 0.2) is 0 Å². The van der Waals surface area contributed by atoms with Crippen molar-refractivity contribution in [2.24, 2.45) is 0 Å². The third kappa shape index (κ3) is 3270. The van der Waals surface area contributed by atoms with Crippen molar-refractivity contribution in [3.63, 3.8) is 0 Å². The molecule has 0 unspecified atom stereocenters. The molecule has 0 rings (SSSR count). The summed E-state index contributed by atoms with van der Waals surface area (Å²) in [5.41, 5.74) is 0. The van der Waals surface area contributed by atoms with Crippen molar-refractivity contribution >= 4 is 44.7 Å². The van der Waals surface area contributed by atoms with Gasteiger partial charge in [0.25, 0.3) is 0 Å². The van der Waals surface area contributed by atoms with Gasteiger partial charge in [0.05, 0.1) is 0 Å². The molecule has 11 heteroatoms. The molecule has 0 radical (unpaired) electrons. The number of thiol groups is 1. The molecule has 0 aliphatic heterocycles. The van der Waals surface area contributed by atoms with Gasteiger partial charge in [0, 0.05) is 0 Å². The van der Waals surface area contributed by atoms with Gasteiger partial charge in [-0.05, 0) is 11.7 Å². The first-order valence-corrected chi connectivity index (χ1v) is 5.29. The lowest BCUT2D eigenvalue weighted by atomic mass is 15.8. The van der Waals surface area contributed by atoms with Crippen LogP contribution in [0.25, 0.3) is 0 Å². The Labute approximate surface area is 75.4 Å². The van der Waals surface area contributed by atoms with Gasteiger partial charge in [0.1, 0.15) is 0 Å². The maximum Gasteiger partial charge on any atom is 0.394 e. The molecule has 0 saturated heterocycles. The van der Waals surface area contributed by atoms with E-state index in [0.717, 1.165) is 0 Å². The third-order valence-electron chi connectivity index (χ3n) is 0. The van der Waals surface area contributed by atoms with Crippen LogP contribution >= 0.6 is 25.2 Å². The summed E-state index contributed by atoms with van der Waals surface area (Å²) in [5, 5.41) is 0. The van der Waals surface area contributed by atoms with Crippen LogP contribution in [0.3, 0.4) is 0 Å². The first-order chi connectivity index (χ1) is 4.00. The fraction of sp³-hybridized carbons (Fsp3) is 0. The molecule has 0 fully saturated rings. The molecule has 0 bridgehead atoms. The average Bonchev–Trinajstić information content (AvgIpc) is 1.12. The van der Waals surface area contributed by atoms with E-state index >= 15 is 0 Å². The lowest BCUT2D eigenvalue weighted by Gasteiger charge is -1.68. The van der Waals surface area contributed by atoms with Crippen molar-refractivity contribution in [2.45, 2.75) is 0 Å². The molecule has 0 aromatic heterocycles. The molecule has 11 heavy (non-hydrogen) atoms. The highest BCUT2D eigenvalue weighted by Crippen LogP contribution is 1.81. The van der Waals surface area contributed by atoms with Gasteiger partial charge < -0.3 is 0 Å². The van der Waals surface area contributed by atoms with Gasteiger partial charge in [0.15, 0.2) is 0 Å². The van der Waals surface area contributed by atoms with Crippen LogP contribution in [0, 0.1) is 0 Å². The Kier molecular flexibility index (Phi) is 9.64. The number of hydrogen-bond acceptors (Lipinski definition) is 4. The van der Waals surface area contributed by atoms with E-state index in [9.17, 15) is 0 Å². The smallest absolute Gasteiger partial charge is 0.277 e. The van der Waals surface area contributed by atoms with E-state index in [0.29, 0.717) is 0 Å². The minimum Gasteiger partial charge on any atom is -0.277 e. The Bertz CT molecular complexity index is 207. The zero-order valence-electron chi connectivity index (χ0n) is 4.74. The monoisotopic (exact) mass is 246 g/mol. The van der Waals surface area contributed by atoms with Gasteiger partial charge in [-0.1, -0.05) is 0 Å². The van der Waals surface area contributed by atoms with E-state index in [-0.39, 0.29) is 13.5 Å². The molecule has 0 aliphatic rings. The fourth-order valence-corrected chi connectivity index (χ4v) is 0. The molecule has 72 valence electrons. The molecular weight excluding hydrogens is 240 g/mol. The Balaban J connectivity index is -0.000000107. The highest BCUT2D eigenvalue weighted by Gasteiger charge is 1.84. The summed E-state index contributed by atoms with van der Waals surface area (Å²) in [6.45, 7) is 0. The second-order valence-corrected chi connectivity index (χ2v) is 4.07. The van der Waals surface area contributed by atoms with Crippen LogP contribution in [0.1, 0.15) is 0 Å². The lowest BCUT2D eigenvalue weighted by Crippen LogP contribution is -1.89. The van der Waals surface area contributed by atoms with Crippen LogP contribution in [0.4, 0.5) is 0 Å². The second-order valence-electron chi connectivity index (χ2n) is 0.896. The molecular formula is H6O7S4. The van der Waals surface area contributed by atoms with E-state index < -0.39 is 19.5 Å². The molecule has 0 aromatic carbocycles. The van der Waals surface area contributed by atoms with Gasteiger partial charge in [-0.3, -0.25) is 13.7 Å². The van der Waals surface area contributed by atoms with Crippen molar-refractivity contribution < 1.29 is 30.5 Å². The molecule has 0 amide bonds. The van der Waals surface area contributed by atoms with Crippen molar-refractivity contribution in [1.82, 2.24) is 0 Å². The number of rotatable bonds is 0. The average molecular weight is 246 g/mol. The molecule has 0 aromatic rings. The van der Waals surface area contributed by atoms with E-state index in [1.54, 1.807) is 0 Å². The highest BCUT2D eigenvalue weighted by atomic mass is 33.1. The standard InChI is InChI=1S/H2O4S.H2O3S2.H2S/c2*1-5(2,3)4;/h2*(H2,1,2,3,4);1H2. The summed E-state index contributed by atoms with van der Waals surface area (Å²) in [4.78, 5) is 0. The SMILES string of the molecule is O=S(=O)(O)O.O=S(=O)(O)S.S. The first-order valence-electron chi connectivity index (χ1n) is 1.40. The second kappa shape index (κ2) is 6.05. The van der Waals surface area contributed by atoms with Crippen LogP contribution in [-0.4, -0.2) is 30.5 Å². The van der Waals surface area contributed by atoms with Crippen molar-refractivity contribution in [1.29, 1.82) is 0 Å². The van der Waals surface area contributed by atoms with Crippen molar-refractivity contribution in [3.05, 3.63) is 0 Å². The molecule has 0 heterocycles. The molecule has 0 saturated carbocycles. The zero-order chi connectivity index (χ0) is 9.00. The maximum absolute atomic E-state index is 9.05. The quantitative estimate of drug-likeness (QED) is 0.249. The molecule has 0 aliphatic carbocycles.